The van der Waals surface area contributed by atoms with E-state index in [0.717, 1.165) is 12.1 Å². The summed E-state index contributed by atoms with van der Waals surface area (Å²) in [5.41, 5.74) is -0.411. The summed E-state index contributed by atoms with van der Waals surface area (Å²) in [7, 11) is 0. The van der Waals surface area contributed by atoms with Crippen molar-refractivity contribution >= 4 is 16.9 Å². The Morgan fingerprint density at radius 1 is 1.31 bits per heavy atom. The zero-order chi connectivity index (χ0) is 11.9. The number of Topliss-reactive ketones (excluding diaryl/α,β-unsaturated/α-hetero) is 1. The minimum atomic E-state index is -4.94. The molecule has 1 aromatic heterocycles. The second-order valence-corrected chi connectivity index (χ2v) is 3.05. The number of hydrogen-bond donors (Lipinski definition) is 1. The average Bonchev–Trinajstić information content (AvgIpc) is 2.54. The number of nitrogens with one attached hydrogen (secondary N) is 1. The van der Waals surface area contributed by atoms with Gasteiger partial charge in [0.25, 0.3) is 5.78 Å². The Balaban J connectivity index is 2.55. The molecule has 0 spiro atoms. The fourth-order valence-electron chi connectivity index (χ4n) is 1.25. The number of aromatic nitrogens is 1. The number of aromatic amines is 1. The third-order valence-corrected chi connectivity index (χ3v) is 1.94. The summed E-state index contributed by atoms with van der Waals surface area (Å²) in [5, 5.41) is 0. The SMILES string of the molecule is O=C(c1ccc2[nH]c(=O)oc2c1)C(F)(F)F. The van der Waals surface area contributed by atoms with Crippen LogP contribution in [0.4, 0.5) is 13.2 Å². The molecule has 0 amide bonds. The highest BCUT2D eigenvalue weighted by atomic mass is 19.4. The van der Waals surface area contributed by atoms with Gasteiger partial charge < -0.3 is 4.42 Å². The van der Waals surface area contributed by atoms with Gasteiger partial charge >= 0.3 is 11.9 Å². The number of benzene rings is 1. The predicted octanol–water partition coefficient (Wildman–Crippen LogP) is 1.87. The molecular weight excluding hydrogens is 227 g/mol. The van der Waals surface area contributed by atoms with Crippen LogP contribution in [0.1, 0.15) is 10.4 Å². The number of hydrogen-bond acceptors (Lipinski definition) is 3. The van der Waals surface area contributed by atoms with E-state index in [-0.39, 0.29) is 11.1 Å². The molecular formula is C9H4F3NO3. The summed E-state index contributed by atoms with van der Waals surface area (Å²) < 4.78 is 40.8. The number of rotatable bonds is 1. The van der Waals surface area contributed by atoms with Gasteiger partial charge in [0.15, 0.2) is 5.58 Å². The van der Waals surface area contributed by atoms with E-state index in [1.807, 2.05) is 0 Å². The smallest absolute Gasteiger partial charge is 0.408 e. The van der Waals surface area contributed by atoms with Gasteiger partial charge in [0.1, 0.15) is 0 Å². The van der Waals surface area contributed by atoms with Gasteiger partial charge in [-0.25, -0.2) is 4.79 Å². The van der Waals surface area contributed by atoms with Crippen LogP contribution in [0.15, 0.2) is 27.4 Å². The fourth-order valence-corrected chi connectivity index (χ4v) is 1.25. The average molecular weight is 231 g/mol. The first-order valence-corrected chi connectivity index (χ1v) is 4.12. The van der Waals surface area contributed by atoms with Crippen molar-refractivity contribution in [3.63, 3.8) is 0 Å². The molecule has 7 heteroatoms. The van der Waals surface area contributed by atoms with Crippen LogP contribution in [0, 0.1) is 0 Å². The van der Waals surface area contributed by atoms with Crippen LogP contribution in [0.3, 0.4) is 0 Å². The van der Waals surface area contributed by atoms with Crippen molar-refractivity contribution in [1.82, 2.24) is 4.98 Å². The zero-order valence-electron chi connectivity index (χ0n) is 7.59. The van der Waals surface area contributed by atoms with Crippen molar-refractivity contribution in [2.45, 2.75) is 6.18 Å². The van der Waals surface area contributed by atoms with Crippen molar-refractivity contribution in [2.75, 3.05) is 0 Å². The first kappa shape index (κ1) is 10.5. The molecule has 4 nitrogen and oxygen atoms in total. The summed E-state index contributed by atoms with van der Waals surface area (Å²) >= 11 is 0. The number of ketones is 1. The van der Waals surface area contributed by atoms with E-state index in [9.17, 15) is 22.8 Å². The minimum absolute atomic E-state index is 0.0832. The first-order chi connectivity index (χ1) is 7.38. The van der Waals surface area contributed by atoms with Gasteiger partial charge in [-0.1, -0.05) is 0 Å². The normalized spacial score (nSPS) is 11.9. The molecule has 2 aromatic rings. The molecule has 0 atom stereocenters. The highest BCUT2D eigenvalue weighted by molar-refractivity contribution is 6.02. The Morgan fingerprint density at radius 2 is 2.00 bits per heavy atom. The maximum atomic E-state index is 12.1. The van der Waals surface area contributed by atoms with Crippen LogP contribution in [0.25, 0.3) is 11.1 Å². The Bertz CT molecular complexity index is 608. The summed E-state index contributed by atoms with van der Waals surface area (Å²) in [6.07, 6.45) is -4.94. The van der Waals surface area contributed by atoms with Crippen LogP contribution < -0.4 is 5.76 Å². The van der Waals surface area contributed by atoms with Gasteiger partial charge in [-0.15, -0.1) is 0 Å². The Hall–Kier alpha value is -2.05. The number of H-pyrrole nitrogens is 1. The molecule has 0 aliphatic heterocycles. The van der Waals surface area contributed by atoms with Gasteiger partial charge in [0, 0.05) is 5.56 Å². The second-order valence-electron chi connectivity index (χ2n) is 3.05. The molecule has 0 bridgehead atoms. The number of carbonyl (C=O) groups excluding carboxylic acids is 1. The van der Waals surface area contributed by atoms with Crippen LogP contribution in [0.2, 0.25) is 0 Å². The molecule has 0 radical (unpaired) electrons. The predicted molar refractivity (Wildman–Crippen MR) is 47.2 cm³/mol. The lowest BCUT2D eigenvalue weighted by Gasteiger charge is -2.03. The Kier molecular flexibility index (Phi) is 2.11. The summed E-state index contributed by atoms with van der Waals surface area (Å²) in [4.78, 5) is 23.8. The molecule has 0 aliphatic rings. The number of oxazole rings is 1. The molecule has 1 heterocycles. The number of halogens is 3. The van der Waals surface area contributed by atoms with E-state index >= 15 is 0 Å². The highest BCUT2D eigenvalue weighted by Gasteiger charge is 2.39. The van der Waals surface area contributed by atoms with Crippen molar-refractivity contribution in [1.29, 1.82) is 0 Å². The quantitative estimate of drug-likeness (QED) is 0.762. The zero-order valence-corrected chi connectivity index (χ0v) is 7.59. The minimum Gasteiger partial charge on any atom is -0.408 e. The topological polar surface area (TPSA) is 63.1 Å². The van der Waals surface area contributed by atoms with Gasteiger partial charge in [0.2, 0.25) is 0 Å². The number of alkyl halides is 3. The molecule has 16 heavy (non-hydrogen) atoms. The lowest BCUT2D eigenvalue weighted by atomic mass is 10.1. The van der Waals surface area contributed by atoms with Crippen molar-refractivity contribution < 1.29 is 22.4 Å². The van der Waals surface area contributed by atoms with Gasteiger partial charge in [-0.3, -0.25) is 9.78 Å². The standard InChI is InChI=1S/C9H4F3NO3/c10-9(11,12)7(14)4-1-2-5-6(3-4)16-8(15)13-5/h1-3H,(H,13,15). The third-order valence-electron chi connectivity index (χ3n) is 1.94. The van der Waals surface area contributed by atoms with E-state index in [1.165, 1.54) is 6.07 Å². The molecule has 1 N–H and O–H groups in total. The Labute approximate surface area is 85.7 Å². The lowest BCUT2D eigenvalue weighted by Crippen LogP contribution is -2.22. The molecule has 2 rings (SSSR count). The summed E-state index contributed by atoms with van der Waals surface area (Å²) in [6.45, 7) is 0. The van der Waals surface area contributed by atoms with Gasteiger partial charge in [-0.05, 0) is 18.2 Å². The van der Waals surface area contributed by atoms with E-state index in [1.54, 1.807) is 0 Å². The molecule has 0 fully saturated rings. The van der Waals surface area contributed by atoms with Crippen molar-refractivity contribution in [3.8, 4) is 0 Å². The third kappa shape index (κ3) is 1.71. The van der Waals surface area contributed by atoms with E-state index in [0.29, 0.717) is 0 Å². The first-order valence-electron chi connectivity index (χ1n) is 4.12. The number of fused-ring (bicyclic) bond motifs is 1. The summed E-state index contributed by atoms with van der Waals surface area (Å²) in [5.74, 6) is -2.76. The Morgan fingerprint density at radius 3 is 2.62 bits per heavy atom. The molecule has 0 aliphatic carbocycles. The summed E-state index contributed by atoms with van der Waals surface area (Å²) in [6, 6.07) is 3.03. The van der Waals surface area contributed by atoms with Crippen molar-refractivity contribution in [2.24, 2.45) is 0 Å². The maximum Gasteiger partial charge on any atom is 0.454 e. The number of carbonyl (C=O) groups is 1. The second kappa shape index (κ2) is 3.22. The lowest BCUT2D eigenvalue weighted by molar-refractivity contribution is -0.0885. The van der Waals surface area contributed by atoms with E-state index in [2.05, 4.69) is 9.40 Å². The van der Waals surface area contributed by atoms with Gasteiger partial charge in [0.05, 0.1) is 5.52 Å². The van der Waals surface area contributed by atoms with Crippen LogP contribution in [0.5, 0.6) is 0 Å². The van der Waals surface area contributed by atoms with Gasteiger partial charge in [-0.2, -0.15) is 13.2 Å². The molecule has 0 saturated carbocycles. The maximum absolute atomic E-state index is 12.1. The molecule has 0 saturated heterocycles. The molecule has 1 aromatic carbocycles. The molecule has 0 unspecified atom stereocenters. The molecule has 84 valence electrons. The monoisotopic (exact) mass is 231 g/mol. The highest BCUT2D eigenvalue weighted by Crippen LogP contribution is 2.23. The van der Waals surface area contributed by atoms with E-state index in [4.69, 9.17) is 0 Å². The fraction of sp³-hybridized carbons (Fsp3) is 0.111. The van der Waals surface area contributed by atoms with Crippen LogP contribution >= 0.6 is 0 Å². The van der Waals surface area contributed by atoms with E-state index < -0.39 is 23.3 Å². The van der Waals surface area contributed by atoms with Crippen molar-refractivity contribution in [3.05, 3.63) is 34.3 Å². The largest absolute Gasteiger partial charge is 0.454 e. The van der Waals surface area contributed by atoms with Crippen LogP contribution in [-0.2, 0) is 0 Å². The van der Waals surface area contributed by atoms with Crippen LogP contribution in [-0.4, -0.2) is 16.9 Å².